The summed E-state index contributed by atoms with van der Waals surface area (Å²) in [5.74, 6) is 0.762. The molecule has 0 aromatic carbocycles. The number of oxazole rings is 1. The molecule has 0 N–H and O–H groups in total. The van der Waals surface area contributed by atoms with Gasteiger partial charge in [0.05, 0.1) is 6.54 Å². The van der Waals surface area contributed by atoms with Gasteiger partial charge in [-0.25, -0.2) is 4.98 Å². The van der Waals surface area contributed by atoms with E-state index < -0.39 is 0 Å². The molecule has 0 unspecified atom stereocenters. The lowest BCUT2D eigenvalue weighted by molar-refractivity contribution is -0.133. The van der Waals surface area contributed by atoms with Crippen LogP contribution in [0.4, 0.5) is 0 Å². The van der Waals surface area contributed by atoms with Crippen LogP contribution in [0.2, 0.25) is 0 Å². The molecule has 0 fully saturated rings. The zero-order valence-corrected chi connectivity index (χ0v) is 12.6. The number of carbonyl (C=O) groups excluding carboxylic acids is 1. The molecule has 0 radical (unpaired) electrons. The largest absolute Gasteiger partial charge is 0.444 e. The first-order chi connectivity index (χ1) is 8.60. The van der Waals surface area contributed by atoms with E-state index in [9.17, 15) is 4.79 Å². The van der Waals surface area contributed by atoms with Crippen LogP contribution < -0.4 is 0 Å². The van der Waals surface area contributed by atoms with Crippen LogP contribution in [-0.4, -0.2) is 21.3 Å². The van der Waals surface area contributed by atoms with Crippen molar-refractivity contribution < 1.29 is 9.21 Å². The highest BCUT2D eigenvalue weighted by Crippen LogP contribution is 2.34. The number of nitrogens with zero attached hydrogens (tertiary/aromatic N) is 2. The Hall–Kier alpha value is -1.58. The van der Waals surface area contributed by atoms with E-state index in [1.54, 1.807) is 0 Å². The lowest BCUT2D eigenvalue weighted by Gasteiger charge is -2.37. The van der Waals surface area contributed by atoms with Gasteiger partial charge in [0.15, 0.2) is 12.2 Å². The maximum absolute atomic E-state index is 12.8. The first kappa shape index (κ1) is 13.8. The van der Waals surface area contributed by atoms with Crippen molar-refractivity contribution in [1.82, 2.24) is 9.88 Å². The monoisotopic (exact) mass is 262 g/mol. The maximum atomic E-state index is 12.8. The molecule has 1 aliphatic heterocycles. The molecule has 0 saturated carbocycles. The first-order valence-electron chi connectivity index (χ1n) is 6.57. The van der Waals surface area contributed by atoms with Crippen LogP contribution in [-0.2, 0) is 11.3 Å². The van der Waals surface area contributed by atoms with Gasteiger partial charge < -0.3 is 9.32 Å². The van der Waals surface area contributed by atoms with Gasteiger partial charge in [0.25, 0.3) is 5.91 Å². The van der Waals surface area contributed by atoms with Gasteiger partial charge in [-0.15, -0.1) is 0 Å². The average molecular weight is 262 g/mol. The lowest BCUT2D eigenvalue weighted by Crippen LogP contribution is -2.46. The molecule has 104 valence electrons. The summed E-state index contributed by atoms with van der Waals surface area (Å²) in [6.45, 7) is 12.7. The van der Waals surface area contributed by atoms with Gasteiger partial charge in [-0.05, 0) is 32.3 Å². The van der Waals surface area contributed by atoms with E-state index in [0.717, 1.165) is 11.3 Å². The topological polar surface area (TPSA) is 46.3 Å². The zero-order chi connectivity index (χ0) is 14.4. The molecule has 2 heterocycles. The second-order valence-electron chi connectivity index (χ2n) is 7.03. The van der Waals surface area contributed by atoms with Crippen LogP contribution in [0.25, 0.3) is 6.08 Å². The molecule has 4 nitrogen and oxygen atoms in total. The molecule has 4 heteroatoms. The fourth-order valence-electron chi connectivity index (χ4n) is 2.15. The van der Waals surface area contributed by atoms with Crippen molar-refractivity contribution in [2.75, 3.05) is 0 Å². The van der Waals surface area contributed by atoms with E-state index in [-0.39, 0.29) is 16.9 Å². The molecule has 1 aromatic heterocycles. The standard InChI is InChI=1S/C15H22N2O2/c1-14(2,3)10-7-12-11(16-9-19-12)8-17(13(10)18)15(4,5)6/h7,9H,8H2,1-6H3. The normalized spacial score (nSPS) is 17.1. The van der Waals surface area contributed by atoms with E-state index in [0.29, 0.717) is 12.3 Å². The molecule has 19 heavy (non-hydrogen) atoms. The minimum absolute atomic E-state index is 0.0631. The summed E-state index contributed by atoms with van der Waals surface area (Å²) in [4.78, 5) is 18.9. The van der Waals surface area contributed by atoms with Crippen molar-refractivity contribution >= 4 is 12.0 Å². The van der Waals surface area contributed by atoms with Crippen LogP contribution in [0.5, 0.6) is 0 Å². The van der Waals surface area contributed by atoms with Crippen LogP contribution in [0.1, 0.15) is 53.0 Å². The van der Waals surface area contributed by atoms with Gasteiger partial charge in [0, 0.05) is 11.1 Å². The third-order valence-corrected chi connectivity index (χ3v) is 3.35. The smallest absolute Gasteiger partial charge is 0.251 e. The number of amides is 1. The van der Waals surface area contributed by atoms with Crippen molar-refractivity contribution in [2.24, 2.45) is 5.41 Å². The molecule has 0 saturated heterocycles. The molecular formula is C15H22N2O2. The van der Waals surface area contributed by atoms with Crippen molar-refractivity contribution in [3.8, 4) is 0 Å². The number of aromatic nitrogens is 1. The SMILES string of the molecule is CC(C)(C)C1=Cc2ocnc2CN(C(C)(C)C)C1=O. The van der Waals surface area contributed by atoms with Crippen molar-refractivity contribution in [2.45, 2.75) is 53.6 Å². The van der Waals surface area contributed by atoms with Gasteiger partial charge in [0.2, 0.25) is 0 Å². The number of carbonyl (C=O) groups is 1. The van der Waals surface area contributed by atoms with E-state index >= 15 is 0 Å². The molecule has 0 aliphatic carbocycles. The highest BCUT2D eigenvalue weighted by molar-refractivity contribution is 6.00. The number of hydrogen-bond acceptors (Lipinski definition) is 3. The van der Waals surface area contributed by atoms with E-state index in [1.807, 2.05) is 52.5 Å². The Kier molecular flexibility index (Phi) is 3.07. The summed E-state index contributed by atoms with van der Waals surface area (Å²) in [5.41, 5.74) is 1.11. The van der Waals surface area contributed by atoms with Crippen molar-refractivity contribution in [3.05, 3.63) is 23.4 Å². The molecule has 0 atom stereocenters. The summed E-state index contributed by atoms with van der Waals surface area (Å²) >= 11 is 0. The Morgan fingerprint density at radius 1 is 1.21 bits per heavy atom. The zero-order valence-electron chi connectivity index (χ0n) is 12.6. The molecule has 1 aromatic rings. The van der Waals surface area contributed by atoms with Gasteiger partial charge in [-0.3, -0.25) is 4.79 Å². The fourth-order valence-corrected chi connectivity index (χ4v) is 2.15. The molecule has 0 spiro atoms. The Morgan fingerprint density at radius 3 is 2.37 bits per heavy atom. The minimum Gasteiger partial charge on any atom is -0.444 e. The lowest BCUT2D eigenvalue weighted by atomic mass is 9.84. The highest BCUT2D eigenvalue weighted by Gasteiger charge is 2.36. The predicted molar refractivity (Wildman–Crippen MR) is 74.2 cm³/mol. The average Bonchev–Trinajstić information content (AvgIpc) is 2.60. The second kappa shape index (κ2) is 4.22. The maximum Gasteiger partial charge on any atom is 0.251 e. The van der Waals surface area contributed by atoms with Crippen molar-refractivity contribution in [1.29, 1.82) is 0 Å². The van der Waals surface area contributed by atoms with Crippen LogP contribution in [0.15, 0.2) is 16.4 Å². The van der Waals surface area contributed by atoms with Crippen molar-refractivity contribution in [3.63, 3.8) is 0 Å². The summed E-state index contributed by atoms with van der Waals surface area (Å²) in [7, 11) is 0. The van der Waals surface area contributed by atoms with Gasteiger partial charge in [0.1, 0.15) is 5.69 Å². The number of fused-ring (bicyclic) bond motifs is 1. The Bertz CT molecular complexity index is 527. The number of hydrogen-bond donors (Lipinski definition) is 0. The van der Waals surface area contributed by atoms with Gasteiger partial charge in [-0.1, -0.05) is 20.8 Å². The van der Waals surface area contributed by atoms with E-state index in [1.165, 1.54) is 6.39 Å². The third-order valence-electron chi connectivity index (χ3n) is 3.35. The summed E-state index contributed by atoms with van der Waals surface area (Å²) in [6.07, 6.45) is 3.29. The highest BCUT2D eigenvalue weighted by atomic mass is 16.3. The summed E-state index contributed by atoms with van der Waals surface area (Å²) in [6, 6.07) is 0. The van der Waals surface area contributed by atoms with E-state index in [4.69, 9.17) is 4.42 Å². The Morgan fingerprint density at radius 2 is 1.84 bits per heavy atom. The number of rotatable bonds is 0. The fraction of sp³-hybridized carbons (Fsp3) is 0.600. The Balaban J connectivity index is 2.57. The first-order valence-corrected chi connectivity index (χ1v) is 6.57. The minimum atomic E-state index is -0.248. The van der Waals surface area contributed by atoms with Gasteiger partial charge >= 0.3 is 0 Å². The summed E-state index contributed by atoms with van der Waals surface area (Å²) < 4.78 is 5.40. The summed E-state index contributed by atoms with van der Waals surface area (Å²) in [5, 5.41) is 0. The predicted octanol–water partition coefficient (Wildman–Crippen LogP) is 3.24. The van der Waals surface area contributed by atoms with E-state index in [2.05, 4.69) is 4.98 Å². The third kappa shape index (κ3) is 2.57. The second-order valence-corrected chi connectivity index (χ2v) is 7.03. The van der Waals surface area contributed by atoms with Crippen LogP contribution in [0.3, 0.4) is 0 Å². The van der Waals surface area contributed by atoms with Crippen LogP contribution >= 0.6 is 0 Å². The molecule has 2 rings (SSSR count). The molecular weight excluding hydrogens is 240 g/mol. The van der Waals surface area contributed by atoms with Crippen LogP contribution in [0, 0.1) is 5.41 Å². The molecule has 0 bridgehead atoms. The molecule has 1 aliphatic rings. The quantitative estimate of drug-likeness (QED) is 0.721. The van der Waals surface area contributed by atoms with Gasteiger partial charge in [-0.2, -0.15) is 0 Å². The molecule has 1 amide bonds. The Labute approximate surface area is 114 Å².